The Kier molecular flexibility index (Phi) is 4.19. The summed E-state index contributed by atoms with van der Waals surface area (Å²) in [4.78, 5) is 17.5. The number of phenolic OH excluding ortho intramolecular Hbond substituents is 1. The van der Waals surface area contributed by atoms with Gasteiger partial charge in [0, 0.05) is 46.9 Å². The van der Waals surface area contributed by atoms with Crippen LogP contribution in [-0.2, 0) is 7.05 Å². The van der Waals surface area contributed by atoms with Gasteiger partial charge in [0.05, 0.1) is 17.9 Å². The molecule has 7 nitrogen and oxygen atoms in total. The number of hydrogen-bond donors (Lipinski definition) is 2. The molecule has 150 valence electrons. The first-order valence-corrected chi connectivity index (χ1v) is 9.51. The van der Waals surface area contributed by atoms with Gasteiger partial charge in [0.25, 0.3) is 5.91 Å². The largest absolute Gasteiger partial charge is 0.508 e. The van der Waals surface area contributed by atoms with Gasteiger partial charge in [-0.2, -0.15) is 5.26 Å². The van der Waals surface area contributed by atoms with E-state index in [2.05, 4.69) is 16.4 Å². The van der Waals surface area contributed by atoms with Crippen molar-refractivity contribution in [3.8, 4) is 23.1 Å². The summed E-state index contributed by atoms with van der Waals surface area (Å²) in [6, 6.07) is 17.4. The lowest BCUT2D eigenvalue weighted by atomic mass is 10.1. The Balaban J connectivity index is 1.67. The van der Waals surface area contributed by atoms with Crippen LogP contribution in [0.5, 0.6) is 5.75 Å². The van der Waals surface area contributed by atoms with Crippen LogP contribution >= 0.6 is 0 Å². The Hall–Kier alpha value is -4.57. The lowest BCUT2D eigenvalue weighted by Crippen LogP contribution is -2.14. The molecule has 0 saturated carbocycles. The highest BCUT2D eigenvalue weighted by Gasteiger charge is 2.19. The first-order chi connectivity index (χ1) is 15.0. The maximum Gasteiger partial charge on any atom is 0.274 e. The van der Waals surface area contributed by atoms with Crippen molar-refractivity contribution in [2.75, 3.05) is 5.32 Å². The van der Waals surface area contributed by atoms with Gasteiger partial charge in [-0.05, 0) is 42.5 Å². The summed E-state index contributed by atoms with van der Waals surface area (Å²) in [6.07, 6.45) is 3.46. The summed E-state index contributed by atoms with van der Waals surface area (Å²) in [7, 11) is 1.91. The second kappa shape index (κ2) is 7.04. The van der Waals surface area contributed by atoms with E-state index in [0.29, 0.717) is 22.5 Å². The monoisotopic (exact) mass is 408 g/mol. The number of anilines is 1. The summed E-state index contributed by atoms with van der Waals surface area (Å²) in [5.41, 5.74) is 3.98. The third-order valence-electron chi connectivity index (χ3n) is 5.15. The van der Waals surface area contributed by atoms with Gasteiger partial charge in [-0.15, -0.1) is 0 Å². The summed E-state index contributed by atoms with van der Waals surface area (Å²) in [5.74, 6) is -0.353. The average Bonchev–Trinajstić information content (AvgIpc) is 3.37. The van der Waals surface area contributed by atoms with Crippen LogP contribution in [-0.4, -0.2) is 20.6 Å². The van der Waals surface area contributed by atoms with Gasteiger partial charge in [0.1, 0.15) is 17.1 Å². The van der Waals surface area contributed by atoms with Crippen LogP contribution in [0.1, 0.15) is 16.1 Å². The number of nitrogens with zero attached hydrogens (tertiary/aromatic N) is 3. The molecule has 3 aromatic heterocycles. The predicted molar refractivity (Wildman–Crippen MR) is 117 cm³/mol. The maximum atomic E-state index is 12.9. The fourth-order valence-electron chi connectivity index (χ4n) is 3.70. The van der Waals surface area contributed by atoms with E-state index >= 15 is 0 Å². The molecule has 1 amide bonds. The van der Waals surface area contributed by atoms with E-state index in [0.717, 1.165) is 21.9 Å². The number of fused-ring (bicyclic) bond motifs is 2. The molecule has 0 bridgehead atoms. The number of amides is 1. The highest BCUT2D eigenvalue weighted by molar-refractivity contribution is 6.08. The molecule has 2 N–H and O–H groups in total. The van der Waals surface area contributed by atoms with Crippen LogP contribution in [0.25, 0.3) is 33.1 Å². The minimum absolute atomic E-state index is 0.0563. The molecular weight excluding hydrogens is 392 g/mol. The van der Waals surface area contributed by atoms with E-state index in [1.807, 2.05) is 23.9 Å². The van der Waals surface area contributed by atoms with Crippen LogP contribution < -0.4 is 5.32 Å². The quantitative estimate of drug-likeness (QED) is 0.446. The molecule has 3 heterocycles. The second-order valence-electron chi connectivity index (χ2n) is 7.20. The van der Waals surface area contributed by atoms with Crippen molar-refractivity contribution in [1.82, 2.24) is 9.55 Å². The van der Waals surface area contributed by atoms with Gasteiger partial charge in [0.15, 0.2) is 5.58 Å². The molecule has 0 saturated heterocycles. The lowest BCUT2D eigenvalue weighted by Gasteiger charge is -2.08. The van der Waals surface area contributed by atoms with Crippen LogP contribution in [0.4, 0.5) is 5.69 Å². The number of furan rings is 1. The molecule has 0 aliphatic carbocycles. The van der Waals surface area contributed by atoms with Crippen molar-refractivity contribution in [3.63, 3.8) is 0 Å². The van der Waals surface area contributed by atoms with Crippen molar-refractivity contribution in [2.24, 2.45) is 7.05 Å². The summed E-state index contributed by atoms with van der Waals surface area (Å²) >= 11 is 0. The van der Waals surface area contributed by atoms with Crippen molar-refractivity contribution in [2.45, 2.75) is 0 Å². The number of nitriles is 1. The molecule has 0 atom stereocenters. The highest BCUT2D eigenvalue weighted by atomic mass is 16.3. The van der Waals surface area contributed by atoms with E-state index < -0.39 is 5.91 Å². The first-order valence-electron chi connectivity index (χ1n) is 9.51. The minimum atomic E-state index is -0.409. The number of benzene rings is 2. The van der Waals surface area contributed by atoms with Gasteiger partial charge in [0.2, 0.25) is 0 Å². The molecule has 7 heteroatoms. The Labute approximate surface area is 176 Å². The van der Waals surface area contributed by atoms with E-state index in [1.54, 1.807) is 42.7 Å². The second-order valence-corrected chi connectivity index (χ2v) is 7.20. The topological polar surface area (TPSA) is 104 Å². The number of rotatable bonds is 3. The molecule has 0 fully saturated rings. The number of pyridine rings is 1. The van der Waals surface area contributed by atoms with Crippen LogP contribution in [0.2, 0.25) is 0 Å². The molecule has 0 spiro atoms. The van der Waals surface area contributed by atoms with Crippen molar-refractivity contribution >= 4 is 33.5 Å². The highest BCUT2D eigenvalue weighted by Crippen LogP contribution is 2.35. The predicted octanol–water partition coefficient (Wildman–Crippen LogP) is 4.82. The molecule has 0 aliphatic heterocycles. The number of phenols is 1. The molecule has 5 rings (SSSR count). The normalized spacial score (nSPS) is 11.0. The van der Waals surface area contributed by atoms with Gasteiger partial charge < -0.3 is 19.4 Å². The minimum Gasteiger partial charge on any atom is -0.508 e. The number of aromatic nitrogens is 2. The standard InChI is InChI=1S/C24H16N4O3/c1-28-13-19(18-9-14(12-25)5-6-21(18)28)22-23-15(7-8-31-23)10-20(27-22)24(30)26-16-3-2-4-17(29)11-16/h2-11,13,29H,1H3,(H,26,30). The van der Waals surface area contributed by atoms with E-state index in [-0.39, 0.29) is 11.4 Å². The Morgan fingerprint density at radius 3 is 2.87 bits per heavy atom. The molecule has 2 aromatic carbocycles. The number of carbonyl (C=O) groups excluding carboxylic acids is 1. The molecule has 0 unspecified atom stereocenters. The molecule has 0 aliphatic rings. The van der Waals surface area contributed by atoms with Crippen molar-refractivity contribution in [3.05, 3.63) is 78.3 Å². The zero-order valence-electron chi connectivity index (χ0n) is 16.5. The van der Waals surface area contributed by atoms with Crippen LogP contribution in [0.15, 0.2) is 71.5 Å². The summed E-state index contributed by atoms with van der Waals surface area (Å²) in [6.45, 7) is 0. The Bertz CT molecular complexity index is 1520. The van der Waals surface area contributed by atoms with Gasteiger partial charge >= 0.3 is 0 Å². The SMILES string of the molecule is Cn1cc(-c2nc(C(=O)Nc3cccc(O)c3)cc3ccoc23)c2cc(C#N)ccc21. The molecular formula is C24H16N4O3. The van der Waals surface area contributed by atoms with Crippen molar-refractivity contribution < 1.29 is 14.3 Å². The zero-order chi connectivity index (χ0) is 21.5. The molecule has 31 heavy (non-hydrogen) atoms. The number of nitrogens with one attached hydrogen (secondary N) is 1. The molecule has 5 aromatic rings. The maximum absolute atomic E-state index is 12.9. The number of hydrogen-bond acceptors (Lipinski definition) is 5. The van der Waals surface area contributed by atoms with Gasteiger partial charge in [-0.3, -0.25) is 4.79 Å². The zero-order valence-corrected chi connectivity index (χ0v) is 16.5. The van der Waals surface area contributed by atoms with Crippen LogP contribution in [0, 0.1) is 11.3 Å². The number of aromatic hydroxyl groups is 1. The number of carbonyl (C=O) groups is 1. The number of aryl methyl sites for hydroxylation is 1. The van der Waals surface area contributed by atoms with E-state index in [1.165, 1.54) is 12.1 Å². The fraction of sp³-hybridized carbons (Fsp3) is 0.0417. The summed E-state index contributed by atoms with van der Waals surface area (Å²) in [5, 5.41) is 23.3. The third kappa shape index (κ3) is 3.16. The van der Waals surface area contributed by atoms with E-state index in [4.69, 9.17) is 4.42 Å². The summed E-state index contributed by atoms with van der Waals surface area (Å²) < 4.78 is 7.63. The first kappa shape index (κ1) is 18.5. The van der Waals surface area contributed by atoms with E-state index in [9.17, 15) is 15.2 Å². The average molecular weight is 408 g/mol. The smallest absolute Gasteiger partial charge is 0.274 e. The lowest BCUT2D eigenvalue weighted by molar-refractivity contribution is 0.102. The van der Waals surface area contributed by atoms with Gasteiger partial charge in [-0.1, -0.05) is 6.07 Å². The van der Waals surface area contributed by atoms with Crippen molar-refractivity contribution in [1.29, 1.82) is 5.26 Å². The van der Waals surface area contributed by atoms with Crippen LogP contribution in [0.3, 0.4) is 0 Å². The Morgan fingerprint density at radius 1 is 1.19 bits per heavy atom. The van der Waals surface area contributed by atoms with Gasteiger partial charge in [-0.25, -0.2) is 4.98 Å². The third-order valence-corrected chi connectivity index (χ3v) is 5.15. The fourth-order valence-corrected chi connectivity index (χ4v) is 3.70. The molecule has 0 radical (unpaired) electrons. The Morgan fingerprint density at radius 2 is 2.06 bits per heavy atom.